The maximum absolute atomic E-state index is 11.4. The van der Waals surface area contributed by atoms with Crippen molar-refractivity contribution >= 4 is 44.6 Å². The van der Waals surface area contributed by atoms with Crippen LogP contribution in [-0.4, -0.2) is 26.5 Å². The number of nitrogens with two attached hydrogens (primary N) is 1. The zero-order valence-corrected chi connectivity index (χ0v) is 12.2. The van der Waals surface area contributed by atoms with Crippen molar-refractivity contribution in [1.29, 1.82) is 0 Å². The smallest absolute Gasteiger partial charge is 0.273 e. The summed E-state index contributed by atoms with van der Waals surface area (Å²) in [5.74, 6) is 0. The minimum Gasteiger partial charge on any atom is -0.273 e. The molecular weight excluding hydrogens is 333 g/mol. The number of nitro benzene ring substituents is 1. The van der Waals surface area contributed by atoms with Crippen LogP contribution in [0.2, 0.25) is 10.0 Å². The van der Waals surface area contributed by atoms with Gasteiger partial charge in [0.25, 0.3) is 0 Å². The second-order valence-electron chi connectivity index (χ2n) is 3.96. The summed E-state index contributed by atoms with van der Waals surface area (Å²) >= 11 is 11.6. The normalized spacial score (nSPS) is 15.7. The maximum Gasteiger partial charge on any atom is 0.314 e. The summed E-state index contributed by atoms with van der Waals surface area (Å²) in [5, 5.41) is 16.4. The molecule has 0 aliphatic carbocycles. The summed E-state index contributed by atoms with van der Waals surface area (Å²) in [6.45, 7) is 0.797. The molecule has 0 spiro atoms. The number of anilines is 1. The fourth-order valence-corrected chi connectivity index (χ4v) is 3.68. The van der Waals surface area contributed by atoms with E-state index in [0.717, 1.165) is 6.07 Å². The molecule has 110 valence electrons. The van der Waals surface area contributed by atoms with Crippen molar-refractivity contribution in [3.05, 3.63) is 26.2 Å². The standard InChI is InChI=1S/C9H9Cl2N3O5S/c10-5-4-6(13-2-1-3-19-13)8(14(15)16)7(11)9(5)20(12,17)18/h4H,1-3H2,(H2,12,17,18). The van der Waals surface area contributed by atoms with Crippen LogP contribution in [0, 0.1) is 10.1 Å². The maximum atomic E-state index is 11.4. The highest BCUT2D eigenvalue weighted by Gasteiger charge is 2.33. The molecular formula is C9H9Cl2N3O5S. The largest absolute Gasteiger partial charge is 0.314 e. The lowest BCUT2D eigenvalue weighted by atomic mass is 10.2. The minimum atomic E-state index is -4.29. The van der Waals surface area contributed by atoms with Gasteiger partial charge in [-0.05, 0) is 12.5 Å². The molecule has 0 aromatic heterocycles. The molecule has 1 fully saturated rings. The fraction of sp³-hybridized carbons (Fsp3) is 0.333. The molecule has 2 rings (SSSR count). The molecule has 11 heteroatoms. The number of nitro groups is 1. The molecule has 8 nitrogen and oxygen atoms in total. The van der Waals surface area contributed by atoms with Crippen molar-refractivity contribution in [2.24, 2.45) is 5.14 Å². The number of halogens is 2. The van der Waals surface area contributed by atoms with E-state index in [0.29, 0.717) is 19.6 Å². The molecule has 1 saturated heterocycles. The lowest BCUT2D eigenvalue weighted by molar-refractivity contribution is -0.384. The Kier molecular flexibility index (Phi) is 4.07. The van der Waals surface area contributed by atoms with Crippen molar-refractivity contribution in [3.8, 4) is 0 Å². The van der Waals surface area contributed by atoms with Crippen molar-refractivity contribution in [2.45, 2.75) is 11.3 Å². The minimum absolute atomic E-state index is 0.00472. The van der Waals surface area contributed by atoms with E-state index in [1.54, 1.807) is 0 Å². The van der Waals surface area contributed by atoms with E-state index in [-0.39, 0.29) is 10.7 Å². The van der Waals surface area contributed by atoms with Gasteiger partial charge in [0.15, 0.2) is 0 Å². The van der Waals surface area contributed by atoms with Crippen LogP contribution < -0.4 is 10.2 Å². The highest BCUT2D eigenvalue weighted by molar-refractivity contribution is 7.89. The molecule has 0 amide bonds. The summed E-state index contributed by atoms with van der Waals surface area (Å²) in [5.41, 5.74) is -0.614. The Morgan fingerprint density at radius 3 is 2.55 bits per heavy atom. The highest BCUT2D eigenvalue weighted by Crippen LogP contribution is 2.43. The quantitative estimate of drug-likeness (QED) is 0.660. The fourth-order valence-electron chi connectivity index (χ4n) is 1.84. The summed E-state index contributed by atoms with van der Waals surface area (Å²) < 4.78 is 22.8. The number of sulfonamides is 1. The van der Waals surface area contributed by atoms with E-state index in [2.05, 4.69) is 0 Å². The first kappa shape index (κ1) is 15.3. The van der Waals surface area contributed by atoms with E-state index in [9.17, 15) is 18.5 Å². The predicted molar refractivity (Wildman–Crippen MR) is 72.4 cm³/mol. The van der Waals surface area contributed by atoms with E-state index in [4.69, 9.17) is 33.2 Å². The zero-order chi connectivity index (χ0) is 15.1. The van der Waals surface area contributed by atoms with Gasteiger partial charge in [-0.25, -0.2) is 18.6 Å². The number of hydrogen-bond donors (Lipinski definition) is 1. The Morgan fingerprint density at radius 2 is 2.10 bits per heavy atom. The van der Waals surface area contributed by atoms with Crippen LogP contribution >= 0.6 is 23.2 Å². The molecule has 0 unspecified atom stereocenters. The first-order chi connectivity index (χ1) is 9.23. The SMILES string of the molecule is NS(=O)(=O)c1c(Cl)cc(N2CCCO2)c([N+](=O)[O-])c1Cl. The van der Waals surface area contributed by atoms with Gasteiger partial charge in [0.05, 0.1) is 16.6 Å². The predicted octanol–water partition coefficient (Wildman–Crippen LogP) is 1.69. The molecule has 1 aromatic rings. The van der Waals surface area contributed by atoms with Crippen LogP contribution in [0.4, 0.5) is 11.4 Å². The number of rotatable bonds is 3. The van der Waals surface area contributed by atoms with Gasteiger partial charge in [0.2, 0.25) is 10.0 Å². The third-order valence-corrected chi connectivity index (χ3v) is 4.50. The van der Waals surface area contributed by atoms with E-state index < -0.39 is 30.6 Å². The third kappa shape index (κ3) is 2.67. The number of hydrogen-bond acceptors (Lipinski definition) is 6. The molecule has 2 N–H and O–H groups in total. The van der Waals surface area contributed by atoms with Crippen LogP contribution in [0.25, 0.3) is 0 Å². The average molecular weight is 342 g/mol. The van der Waals surface area contributed by atoms with Crippen LogP contribution in [-0.2, 0) is 14.9 Å². The Morgan fingerprint density at radius 1 is 1.45 bits per heavy atom. The van der Waals surface area contributed by atoms with Crippen molar-refractivity contribution < 1.29 is 18.2 Å². The van der Waals surface area contributed by atoms with Gasteiger partial charge >= 0.3 is 5.69 Å². The number of primary sulfonamides is 1. The molecule has 1 aliphatic rings. The number of hydroxylamine groups is 1. The first-order valence-electron chi connectivity index (χ1n) is 5.33. The van der Waals surface area contributed by atoms with Crippen molar-refractivity contribution in [2.75, 3.05) is 18.2 Å². The van der Waals surface area contributed by atoms with Crippen LogP contribution in [0.5, 0.6) is 0 Å². The average Bonchev–Trinajstić information content (AvgIpc) is 2.78. The second-order valence-corrected chi connectivity index (χ2v) is 6.24. The summed E-state index contributed by atoms with van der Waals surface area (Å²) in [4.78, 5) is 14.9. The Bertz CT molecular complexity index is 673. The van der Waals surface area contributed by atoms with Crippen LogP contribution in [0.3, 0.4) is 0 Å². The highest BCUT2D eigenvalue weighted by atomic mass is 35.5. The van der Waals surface area contributed by atoms with E-state index >= 15 is 0 Å². The molecule has 20 heavy (non-hydrogen) atoms. The van der Waals surface area contributed by atoms with Crippen molar-refractivity contribution in [1.82, 2.24) is 0 Å². The zero-order valence-electron chi connectivity index (χ0n) is 9.88. The van der Waals surface area contributed by atoms with Crippen molar-refractivity contribution in [3.63, 3.8) is 0 Å². The Balaban J connectivity index is 2.75. The van der Waals surface area contributed by atoms with Gasteiger partial charge in [0.1, 0.15) is 15.6 Å². The summed E-state index contributed by atoms with van der Waals surface area (Å²) in [6, 6.07) is 1.11. The summed E-state index contributed by atoms with van der Waals surface area (Å²) in [6.07, 6.45) is 0.670. The topological polar surface area (TPSA) is 116 Å². The third-order valence-electron chi connectivity index (χ3n) is 2.62. The van der Waals surface area contributed by atoms with Gasteiger partial charge in [-0.2, -0.15) is 0 Å². The molecule has 1 heterocycles. The van der Waals surface area contributed by atoms with Crippen LogP contribution in [0.1, 0.15) is 6.42 Å². The summed E-state index contributed by atoms with van der Waals surface area (Å²) in [7, 11) is -4.29. The monoisotopic (exact) mass is 341 g/mol. The molecule has 0 atom stereocenters. The Hall–Kier alpha value is -1.13. The molecule has 1 aliphatic heterocycles. The molecule has 1 aromatic carbocycles. The van der Waals surface area contributed by atoms with Gasteiger partial charge in [-0.1, -0.05) is 23.2 Å². The van der Waals surface area contributed by atoms with Gasteiger partial charge in [0, 0.05) is 6.54 Å². The lowest BCUT2D eigenvalue weighted by Gasteiger charge is -2.18. The second kappa shape index (κ2) is 5.34. The van der Waals surface area contributed by atoms with E-state index in [1.165, 1.54) is 5.06 Å². The lowest BCUT2D eigenvalue weighted by Crippen LogP contribution is -2.20. The molecule has 0 bridgehead atoms. The Labute approximate surface area is 124 Å². The molecule has 0 radical (unpaired) electrons. The molecule has 0 saturated carbocycles. The number of benzene rings is 1. The van der Waals surface area contributed by atoms with Gasteiger partial charge in [-0.15, -0.1) is 0 Å². The number of nitrogens with zero attached hydrogens (tertiary/aromatic N) is 2. The first-order valence-corrected chi connectivity index (χ1v) is 7.63. The van der Waals surface area contributed by atoms with E-state index in [1.807, 2.05) is 0 Å². The van der Waals surface area contributed by atoms with Gasteiger partial charge in [-0.3, -0.25) is 15.0 Å². The van der Waals surface area contributed by atoms with Crippen LogP contribution in [0.15, 0.2) is 11.0 Å². The van der Waals surface area contributed by atoms with Gasteiger partial charge < -0.3 is 0 Å².